The van der Waals surface area contributed by atoms with Crippen LogP contribution in [0, 0.1) is 18.7 Å². The first-order valence-corrected chi connectivity index (χ1v) is 9.36. The Morgan fingerprint density at radius 2 is 2.17 bits per heavy atom. The van der Waals surface area contributed by atoms with E-state index in [0.29, 0.717) is 24.6 Å². The summed E-state index contributed by atoms with van der Waals surface area (Å²) in [5.41, 5.74) is 0.518. The van der Waals surface area contributed by atoms with Crippen molar-refractivity contribution in [2.75, 3.05) is 32.8 Å². The third-order valence-corrected chi connectivity index (χ3v) is 5.35. The van der Waals surface area contributed by atoms with Gasteiger partial charge in [0, 0.05) is 26.2 Å². The van der Waals surface area contributed by atoms with Crippen molar-refractivity contribution in [1.82, 2.24) is 9.62 Å². The lowest BCUT2D eigenvalue weighted by molar-refractivity contribution is -0.0280. The molecule has 23 heavy (non-hydrogen) atoms. The van der Waals surface area contributed by atoms with Gasteiger partial charge in [-0.2, -0.15) is 0 Å². The van der Waals surface area contributed by atoms with Gasteiger partial charge in [-0.05, 0) is 30.5 Å². The first-order chi connectivity index (χ1) is 10.8. The minimum Gasteiger partial charge on any atom is -0.374 e. The van der Waals surface area contributed by atoms with E-state index in [1.54, 1.807) is 6.92 Å². The summed E-state index contributed by atoms with van der Waals surface area (Å²) in [4.78, 5) is 2.26. The molecule has 0 aliphatic carbocycles. The molecular weight excluding hydrogens is 319 g/mol. The molecule has 0 bridgehead atoms. The number of sulfonamides is 1. The van der Waals surface area contributed by atoms with Gasteiger partial charge in [-0.3, -0.25) is 4.90 Å². The molecule has 1 saturated heterocycles. The standard InChI is InChI=1S/C16H25FN2O3S/c1-12(2)10-19-6-7-22-15(11-19)9-18-23(20,21)16-8-14(17)5-4-13(16)3/h4-5,8,12,15,18H,6-7,9-11H2,1-3H3. The van der Waals surface area contributed by atoms with Crippen LogP contribution in [0.5, 0.6) is 0 Å². The van der Waals surface area contributed by atoms with Gasteiger partial charge in [-0.15, -0.1) is 0 Å². The van der Waals surface area contributed by atoms with Crippen LogP contribution < -0.4 is 4.72 Å². The molecule has 1 aliphatic heterocycles. The van der Waals surface area contributed by atoms with Gasteiger partial charge in [0.2, 0.25) is 10.0 Å². The number of benzene rings is 1. The summed E-state index contributed by atoms with van der Waals surface area (Å²) in [6.45, 7) is 9.27. The molecule has 0 saturated carbocycles. The highest BCUT2D eigenvalue weighted by Crippen LogP contribution is 2.16. The number of nitrogens with zero attached hydrogens (tertiary/aromatic N) is 1. The van der Waals surface area contributed by atoms with Gasteiger partial charge in [0.25, 0.3) is 0 Å². The monoisotopic (exact) mass is 344 g/mol. The van der Waals surface area contributed by atoms with Crippen molar-refractivity contribution >= 4 is 10.0 Å². The van der Waals surface area contributed by atoms with Crippen LogP contribution in [0.4, 0.5) is 4.39 Å². The van der Waals surface area contributed by atoms with Gasteiger partial charge in [0.1, 0.15) is 5.82 Å². The summed E-state index contributed by atoms with van der Waals surface area (Å²) in [5.74, 6) is -0.00612. The van der Waals surface area contributed by atoms with E-state index >= 15 is 0 Å². The molecular formula is C16H25FN2O3S. The SMILES string of the molecule is Cc1ccc(F)cc1S(=O)(=O)NCC1CN(CC(C)C)CCO1. The van der Waals surface area contributed by atoms with Gasteiger partial charge >= 0.3 is 0 Å². The topological polar surface area (TPSA) is 58.6 Å². The number of halogens is 1. The largest absolute Gasteiger partial charge is 0.374 e. The lowest BCUT2D eigenvalue weighted by Gasteiger charge is -2.33. The van der Waals surface area contributed by atoms with E-state index in [1.807, 2.05) is 0 Å². The summed E-state index contributed by atoms with van der Waals surface area (Å²) in [5, 5.41) is 0. The highest BCUT2D eigenvalue weighted by Gasteiger charge is 2.24. The zero-order valence-electron chi connectivity index (χ0n) is 13.9. The van der Waals surface area contributed by atoms with Crippen molar-refractivity contribution in [3.05, 3.63) is 29.6 Å². The maximum absolute atomic E-state index is 13.3. The van der Waals surface area contributed by atoms with E-state index in [1.165, 1.54) is 12.1 Å². The van der Waals surface area contributed by atoms with E-state index < -0.39 is 15.8 Å². The predicted octanol–water partition coefficient (Wildman–Crippen LogP) is 1.77. The normalized spacial score (nSPS) is 20.1. The molecule has 0 amide bonds. The van der Waals surface area contributed by atoms with Crippen LogP contribution in [0.2, 0.25) is 0 Å². The second-order valence-electron chi connectivity index (χ2n) is 6.41. The molecule has 0 radical (unpaired) electrons. The molecule has 1 aromatic carbocycles. The molecule has 0 aromatic heterocycles. The lowest BCUT2D eigenvalue weighted by Crippen LogP contribution is -2.48. The first kappa shape index (κ1) is 18.3. The Labute approximate surface area is 137 Å². The third-order valence-electron chi connectivity index (χ3n) is 3.79. The molecule has 1 heterocycles. The van der Waals surface area contributed by atoms with Crippen LogP contribution in [-0.4, -0.2) is 52.2 Å². The minimum atomic E-state index is -3.74. The molecule has 1 unspecified atom stereocenters. The van der Waals surface area contributed by atoms with Gasteiger partial charge in [0.15, 0.2) is 0 Å². The molecule has 1 atom stereocenters. The van der Waals surface area contributed by atoms with Crippen molar-refractivity contribution in [3.63, 3.8) is 0 Å². The Kier molecular flexibility index (Phi) is 6.13. The van der Waals surface area contributed by atoms with Crippen LogP contribution in [0.25, 0.3) is 0 Å². The zero-order valence-corrected chi connectivity index (χ0v) is 14.7. The molecule has 1 aliphatic rings. The molecule has 1 fully saturated rings. The van der Waals surface area contributed by atoms with Crippen LogP contribution >= 0.6 is 0 Å². The fourth-order valence-electron chi connectivity index (χ4n) is 2.73. The van der Waals surface area contributed by atoms with Crippen molar-refractivity contribution in [2.24, 2.45) is 5.92 Å². The number of hydrogen-bond acceptors (Lipinski definition) is 4. The smallest absolute Gasteiger partial charge is 0.241 e. The molecule has 5 nitrogen and oxygen atoms in total. The molecule has 130 valence electrons. The Morgan fingerprint density at radius 1 is 1.43 bits per heavy atom. The van der Waals surface area contributed by atoms with E-state index in [4.69, 9.17) is 4.74 Å². The quantitative estimate of drug-likeness (QED) is 0.854. The third kappa shape index (κ3) is 5.24. The fourth-order valence-corrected chi connectivity index (χ4v) is 4.05. The first-order valence-electron chi connectivity index (χ1n) is 7.87. The van der Waals surface area contributed by atoms with E-state index in [-0.39, 0.29) is 17.5 Å². The summed E-state index contributed by atoms with van der Waals surface area (Å²) >= 11 is 0. The summed E-state index contributed by atoms with van der Waals surface area (Å²) in [6, 6.07) is 3.76. The second kappa shape index (κ2) is 7.70. The number of morpholine rings is 1. The average Bonchev–Trinajstić information content (AvgIpc) is 2.47. The van der Waals surface area contributed by atoms with Gasteiger partial charge in [-0.1, -0.05) is 19.9 Å². The van der Waals surface area contributed by atoms with E-state index in [0.717, 1.165) is 19.2 Å². The predicted molar refractivity (Wildman–Crippen MR) is 87.3 cm³/mol. The van der Waals surface area contributed by atoms with Crippen molar-refractivity contribution < 1.29 is 17.5 Å². The number of aryl methyl sites for hydroxylation is 1. The number of ether oxygens (including phenoxy) is 1. The Balaban J connectivity index is 1.97. The molecule has 1 N–H and O–H groups in total. The van der Waals surface area contributed by atoms with Gasteiger partial charge < -0.3 is 4.74 Å². The van der Waals surface area contributed by atoms with Crippen molar-refractivity contribution in [2.45, 2.75) is 31.8 Å². The average molecular weight is 344 g/mol. The Hall–Kier alpha value is -1.02. The summed E-state index contributed by atoms with van der Waals surface area (Å²) < 4.78 is 46.2. The fraction of sp³-hybridized carbons (Fsp3) is 0.625. The highest BCUT2D eigenvalue weighted by atomic mass is 32.2. The molecule has 0 spiro atoms. The number of nitrogens with one attached hydrogen (secondary N) is 1. The van der Waals surface area contributed by atoms with Crippen LogP contribution in [-0.2, 0) is 14.8 Å². The highest BCUT2D eigenvalue weighted by molar-refractivity contribution is 7.89. The zero-order chi connectivity index (χ0) is 17.0. The van der Waals surface area contributed by atoms with Gasteiger partial charge in [-0.25, -0.2) is 17.5 Å². The second-order valence-corrected chi connectivity index (χ2v) is 8.14. The van der Waals surface area contributed by atoms with Crippen LogP contribution in [0.1, 0.15) is 19.4 Å². The minimum absolute atomic E-state index is 0.0210. The van der Waals surface area contributed by atoms with Crippen molar-refractivity contribution in [3.8, 4) is 0 Å². The molecule has 1 aromatic rings. The summed E-state index contributed by atoms with van der Waals surface area (Å²) in [6.07, 6.45) is -0.189. The van der Waals surface area contributed by atoms with Crippen molar-refractivity contribution in [1.29, 1.82) is 0 Å². The van der Waals surface area contributed by atoms with E-state index in [9.17, 15) is 12.8 Å². The van der Waals surface area contributed by atoms with Crippen LogP contribution in [0.3, 0.4) is 0 Å². The Morgan fingerprint density at radius 3 is 2.87 bits per heavy atom. The van der Waals surface area contributed by atoms with Crippen LogP contribution in [0.15, 0.2) is 23.1 Å². The van der Waals surface area contributed by atoms with E-state index in [2.05, 4.69) is 23.5 Å². The van der Waals surface area contributed by atoms with Gasteiger partial charge in [0.05, 0.1) is 17.6 Å². The maximum Gasteiger partial charge on any atom is 0.241 e. The Bertz CT molecular complexity index is 634. The maximum atomic E-state index is 13.3. The lowest BCUT2D eigenvalue weighted by atomic mass is 10.2. The molecule has 7 heteroatoms. The summed E-state index contributed by atoms with van der Waals surface area (Å²) in [7, 11) is -3.74. The molecule has 2 rings (SSSR count). The number of hydrogen-bond donors (Lipinski definition) is 1. The number of rotatable bonds is 6.